The van der Waals surface area contributed by atoms with Crippen LogP contribution in [-0.2, 0) is 4.74 Å². The quantitative estimate of drug-likeness (QED) is 0.930. The predicted molar refractivity (Wildman–Crippen MR) is 70.4 cm³/mol. The third kappa shape index (κ3) is 3.00. The zero-order chi connectivity index (χ0) is 12.4. The summed E-state index contributed by atoms with van der Waals surface area (Å²) in [6, 6.07) is 5.38. The number of rotatable bonds is 3. The maximum absolute atomic E-state index is 12.0. The van der Waals surface area contributed by atoms with Crippen molar-refractivity contribution < 1.29 is 9.53 Å². The molecule has 0 atom stereocenters. The average molecular weight is 319 g/mol. The highest BCUT2D eigenvalue weighted by Gasteiger charge is 2.30. The van der Waals surface area contributed by atoms with Crippen LogP contribution < -0.4 is 5.32 Å². The van der Waals surface area contributed by atoms with Gasteiger partial charge in [0.1, 0.15) is 0 Å². The van der Waals surface area contributed by atoms with E-state index in [4.69, 9.17) is 16.3 Å². The highest BCUT2D eigenvalue weighted by atomic mass is 79.9. The number of amides is 1. The van der Waals surface area contributed by atoms with Crippen molar-refractivity contribution >= 4 is 33.4 Å². The molecule has 0 aromatic heterocycles. The third-order valence-corrected chi connectivity index (χ3v) is 3.86. The van der Waals surface area contributed by atoms with E-state index in [1.54, 1.807) is 25.3 Å². The summed E-state index contributed by atoms with van der Waals surface area (Å²) >= 11 is 9.21. The van der Waals surface area contributed by atoms with E-state index < -0.39 is 0 Å². The summed E-state index contributed by atoms with van der Waals surface area (Å²) in [5, 5.41) is 3.51. The van der Waals surface area contributed by atoms with Crippen LogP contribution in [0.25, 0.3) is 0 Å². The normalized spacial score (nSPS) is 23.0. The Morgan fingerprint density at radius 3 is 2.88 bits per heavy atom. The lowest BCUT2D eigenvalue weighted by molar-refractivity contribution is 0.0176. The van der Waals surface area contributed by atoms with Gasteiger partial charge in [0.05, 0.1) is 11.7 Å². The Morgan fingerprint density at radius 2 is 2.24 bits per heavy atom. The zero-order valence-electron chi connectivity index (χ0n) is 9.37. The summed E-state index contributed by atoms with van der Waals surface area (Å²) in [6.45, 7) is 0. The number of benzene rings is 1. The van der Waals surface area contributed by atoms with Gasteiger partial charge in [-0.05, 0) is 47.0 Å². The number of nitrogens with one attached hydrogen (secondary N) is 1. The van der Waals surface area contributed by atoms with E-state index in [0.717, 1.165) is 17.3 Å². The second-order valence-electron chi connectivity index (χ2n) is 4.12. The number of halogens is 2. The average Bonchev–Trinajstić information content (AvgIpc) is 2.25. The minimum Gasteiger partial charge on any atom is -0.381 e. The van der Waals surface area contributed by atoms with Gasteiger partial charge in [0, 0.05) is 22.6 Å². The summed E-state index contributed by atoms with van der Waals surface area (Å²) in [4.78, 5) is 12.0. The number of carbonyl (C=O) groups is 1. The molecule has 92 valence electrons. The summed E-state index contributed by atoms with van der Waals surface area (Å²) in [5.41, 5.74) is 0.568. The second kappa shape index (κ2) is 5.38. The van der Waals surface area contributed by atoms with E-state index in [9.17, 15) is 4.79 Å². The molecule has 1 aromatic rings. The minimum atomic E-state index is -0.0982. The van der Waals surface area contributed by atoms with E-state index in [1.165, 1.54) is 0 Å². The molecule has 5 heteroatoms. The fourth-order valence-corrected chi connectivity index (χ4v) is 2.41. The van der Waals surface area contributed by atoms with Crippen molar-refractivity contribution in [3.05, 3.63) is 33.3 Å². The Hall–Kier alpha value is -0.580. The number of carbonyl (C=O) groups excluding carboxylic acids is 1. The van der Waals surface area contributed by atoms with Crippen molar-refractivity contribution in [2.45, 2.75) is 25.0 Å². The molecule has 1 amide bonds. The second-order valence-corrected chi connectivity index (χ2v) is 5.41. The number of methoxy groups -OCH3 is 1. The molecule has 1 fully saturated rings. The van der Waals surface area contributed by atoms with Crippen molar-refractivity contribution in [3.8, 4) is 0 Å². The van der Waals surface area contributed by atoms with Crippen LogP contribution in [0.15, 0.2) is 22.7 Å². The van der Waals surface area contributed by atoms with Crippen LogP contribution in [-0.4, -0.2) is 25.2 Å². The lowest BCUT2D eigenvalue weighted by Crippen LogP contribution is -2.47. The van der Waals surface area contributed by atoms with Gasteiger partial charge >= 0.3 is 0 Å². The molecule has 1 aliphatic carbocycles. The van der Waals surface area contributed by atoms with E-state index in [-0.39, 0.29) is 18.1 Å². The molecular weight excluding hydrogens is 305 g/mol. The van der Waals surface area contributed by atoms with Crippen molar-refractivity contribution in [2.75, 3.05) is 7.11 Å². The van der Waals surface area contributed by atoms with Gasteiger partial charge < -0.3 is 10.1 Å². The molecule has 0 radical (unpaired) electrons. The maximum atomic E-state index is 12.0. The first kappa shape index (κ1) is 12.9. The third-order valence-electron chi connectivity index (χ3n) is 2.94. The van der Waals surface area contributed by atoms with Gasteiger partial charge in [-0.1, -0.05) is 11.6 Å². The molecule has 0 bridgehead atoms. The van der Waals surface area contributed by atoms with Gasteiger partial charge in [0.15, 0.2) is 0 Å². The van der Waals surface area contributed by atoms with Crippen LogP contribution in [0.5, 0.6) is 0 Å². The molecule has 0 heterocycles. The summed E-state index contributed by atoms with van der Waals surface area (Å²) < 4.78 is 5.92. The predicted octanol–water partition coefficient (Wildman–Crippen LogP) is 3.01. The summed E-state index contributed by atoms with van der Waals surface area (Å²) in [6.07, 6.45) is 2.03. The lowest BCUT2D eigenvalue weighted by atomic mass is 9.89. The Balaban J connectivity index is 1.98. The Bertz CT molecular complexity index is 433. The van der Waals surface area contributed by atoms with E-state index in [0.29, 0.717) is 10.6 Å². The topological polar surface area (TPSA) is 38.3 Å². The largest absolute Gasteiger partial charge is 0.381 e. The minimum absolute atomic E-state index is 0.0982. The van der Waals surface area contributed by atoms with Crippen molar-refractivity contribution in [1.29, 1.82) is 0 Å². The Kier molecular flexibility index (Phi) is 4.07. The molecule has 17 heavy (non-hydrogen) atoms. The fraction of sp³-hybridized carbons (Fsp3) is 0.417. The molecule has 0 spiro atoms. The number of hydrogen-bond acceptors (Lipinski definition) is 2. The van der Waals surface area contributed by atoms with Gasteiger partial charge in [-0.3, -0.25) is 4.79 Å². The first-order chi connectivity index (χ1) is 8.10. The molecule has 1 aromatic carbocycles. The Labute approximate surface area is 114 Å². The number of ether oxygens (including phenoxy) is 1. The molecule has 2 rings (SSSR count). The van der Waals surface area contributed by atoms with Crippen molar-refractivity contribution in [2.24, 2.45) is 0 Å². The van der Waals surface area contributed by atoms with Crippen LogP contribution in [0.3, 0.4) is 0 Å². The molecule has 1 saturated carbocycles. The molecule has 0 aliphatic heterocycles. The van der Waals surface area contributed by atoms with Gasteiger partial charge in [0.25, 0.3) is 5.91 Å². The zero-order valence-corrected chi connectivity index (χ0v) is 11.7. The standard InChI is InChI=1S/C12H13BrClNO2/c1-17-9-5-8(6-9)15-12(16)10-4-7(14)2-3-11(10)13/h2-4,8-9H,5-6H2,1H3,(H,15,16). The molecule has 0 unspecified atom stereocenters. The number of hydrogen-bond donors (Lipinski definition) is 1. The van der Waals surface area contributed by atoms with E-state index >= 15 is 0 Å². The Morgan fingerprint density at radius 1 is 1.53 bits per heavy atom. The SMILES string of the molecule is COC1CC(NC(=O)c2cc(Cl)ccc2Br)C1. The van der Waals surface area contributed by atoms with Crippen LogP contribution in [0.4, 0.5) is 0 Å². The molecular formula is C12H13BrClNO2. The van der Waals surface area contributed by atoms with Crippen LogP contribution in [0.2, 0.25) is 5.02 Å². The smallest absolute Gasteiger partial charge is 0.252 e. The van der Waals surface area contributed by atoms with Crippen molar-refractivity contribution in [1.82, 2.24) is 5.32 Å². The van der Waals surface area contributed by atoms with Gasteiger partial charge in [0.2, 0.25) is 0 Å². The van der Waals surface area contributed by atoms with Gasteiger partial charge in [-0.2, -0.15) is 0 Å². The van der Waals surface area contributed by atoms with Crippen LogP contribution in [0, 0.1) is 0 Å². The van der Waals surface area contributed by atoms with Crippen LogP contribution >= 0.6 is 27.5 Å². The summed E-state index contributed by atoms with van der Waals surface area (Å²) in [7, 11) is 1.69. The van der Waals surface area contributed by atoms with Crippen molar-refractivity contribution in [3.63, 3.8) is 0 Å². The maximum Gasteiger partial charge on any atom is 0.252 e. The molecule has 0 saturated heterocycles. The van der Waals surface area contributed by atoms with Crippen LogP contribution in [0.1, 0.15) is 23.2 Å². The molecule has 1 aliphatic rings. The fourth-order valence-electron chi connectivity index (χ4n) is 1.81. The highest BCUT2D eigenvalue weighted by Crippen LogP contribution is 2.25. The van der Waals surface area contributed by atoms with E-state index in [1.807, 2.05) is 0 Å². The van der Waals surface area contributed by atoms with Gasteiger partial charge in [-0.25, -0.2) is 0 Å². The lowest BCUT2D eigenvalue weighted by Gasteiger charge is -2.34. The first-order valence-corrected chi connectivity index (χ1v) is 6.56. The first-order valence-electron chi connectivity index (χ1n) is 5.39. The molecule has 3 nitrogen and oxygen atoms in total. The molecule has 1 N–H and O–H groups in total. The van der Waals surface area contributed by atoms with Gasteiger partial charge in [-0.15, -0.1) is 0 Å². The monoisotopic (exact) mass is 317 g/mol. The summed E-state index contributed by atoms with van der Waals surface area (Å²) in [5.74, 6) is -0.0982. The van der Waals surface area contributed by atoms with E-state index in [2.05, 4.69) is 21.2 Å². The highest BCUT2D eigenvalue weighted by molar-refractivity contribution is 9.10.